The van der Waals surface area contributed by atoms with Crippen molar-refractivity contribution in [1.29, 1.82) is 0 Å². The number of benzene rings is 1. The van der Waals surface area contributed by atoms with Gasteiger partial charge >= 0.3 is 0 Å². The van der Waals surface area contributed by atoms with Gasteiger partial charge in [-0.25, -0.2) is 0 Å². The van der Waals surface area contributed by atoms with Crippen molar-refractivity contribution in [2.75, 3.05) is 26.7 Å². The number of allylic oxidation sites excluding steroid dienone is 1. The number of rotatable bonds is 6. The number of nitrogens with zero attached hydrogens (tertiary/aromatic N) is 1. The second-order valence-corrected chi connectivity index (χ2v) is 5.23. The lowest BCUT2D eigenvalue weighted by Crippen LogP contribution is -2.31. The first-order valence-corrected chi connectivity index (χ1v) is 7.35. The van der Waals surface area contributed by atoms with E-state index in [1.165, 1.54) is 19.3 Å². The largest absolute Gasteiger partial charge is 0.497 e. The van der Waals surface area contributed by atoms with Crippen molar-refractivity contribution < 1.29 is 9.53 Å². The van der Waals surface area contributed by atoms with E-state index in [4.69, 9.17) is 4.74 Å². The highest BCUT2D eigenvalue weighted by Gasteiger charge is 2.10. The summed E-state index contributed by atoms with van der Waals surface area (Å²) in [5.41, 5.74) is 1.03. The predicted octanol–water partition coefficient (Wildman–Crippen LogP) is 3.15. The molecule has 1 saturated heterocycles. The summed E-state index contributed by atoms with van der Waals surface area (Å²) in [5.74, 6) is 1.03. The van der Waals surface area contributed by atoms with Gasteiger partial charge in [-0.2, -0.15) is 0 Å². The van der Waals surface area contributed by atoms with Gasteiger partial charge in [0.15, 0.2) is 5.78 Å². The molecular formula is C17H23NO2. The first kappa shape index (κ1) is 14.8. The molecule has 0 unspecified atom stereocenters. The summed E-state index contributed by atoms with van der Waals surface area (Å²) in [7, 11) is 1.65. The van der Waals surface area contributed by atoms with E-state index < -0.39 is 0 Å². The lowest BCUT2D eigenvalue weighted by atomic mass is 10.1. The number of ether oxygens (including phenoxy) is 1. The molecule has 0 radical (unpaired) electrons. The Kier molecular flexibility index (Phi) is 5.81. The maximum Gasteiger partial charge on any atom is 0.156 e. The van der Waals surface area contributed by atoms with E-state index in [1.54, 1.807) is 13.2 Å². The van der Waals surface area contributed by atoms with Crippen molar-refractivity contribution in [2.45, 2.75) is 25.7 Å². The third-order valence-electron chi connectivity index (χ3n) is 3.70. The van der Waals surface area contributed by atoms with E-state index in [-0.39, 0.29) is 5.78 Å². The van der Waals surface area contributed by atoms with Crippen LogP contribution >= 0.6 is 0 Å². The molecule has 0 bridgehead atoms. The van der Waals surface area contributed by atoms with Crippen LogP contribution in [0.2, 0.25) is 0 Å². The van der Waals surface area contributed by atoms with E-state index in [0.717, 1.165) is 30.9 Å². The molecule has 0 atom stereocenters. The summed E-state index contributed by atoms with van der Waals surface area (Å²) < 4.78 is 5.10. The predicted molar refractivity (Wildman–Crippen MR) is 81.9 cm³/mol. The fourth-order valence-electron chi connectivity index (χ4n) is 2.44. The lowest BCUT2D eigenvalue weighted by molar-refractivity contribution is -0.114. The molecule has 1 aliphatic rings. The summed E-state index contributed by atoms with van der Waals surface area (Å²) in [6.45, 7) is 3.19. The average Bonchev–Trinajstić information content (AvgIpc) is 2.52. The Morgan fingerprint density at radius 2 is 1.90 bits per heavy atom. The Morgan fingerprint density at radius 1 is 1.20 bits per heavy atom. The summed E-state index contributed by atoms with van der Waals surface area (Å²) >= 11 is 0. The zero-order valence-corrected chi connectivity index (χ0v) is 12.2. The summed E-state index contributed by atoms with van der Waals surface area (Å²) in [6.07, 6.45) is 8.06. The molecule has 0 saturated carbocycles. The monoisotopic (exact) mass is 273 g/mol. The molecule has 1 heterocycles. The summed E-state index contributed by atoms with van der Waals surface area (Å²) in [5, 5.41) is 0. The van der Waals surface area contributed by atoms with Crippen molar-refractivity contribution in [3.8, 4) is 5.75 Å². The Bertz CT molecular complexity index is 445. The number of ketones is 1. The molecule has 0 N–H and O–H groups in total. The van der Waals surface area contributed by atoms with E-state index in [2.05, 4.69) is 4.90 Å². The van der Waals surface area contributed by atoms with Gasteiger partial charge in [0.05, 0.1) is 7.11 Å². The minimum absolute atomic E-state index is 0.200. The molecule has 0 aromatic heterocycles. The van der Waals surface area contributed by atoms with Crippen molar-refractivity contribution in [3.63, 3.8) is 0 Å². The standard InChI is InChI=1S/C17H23NO2/c1-20-17-9-6-15(7-10-17)5-8-16(19)11-14-18-12-3-2-4-13-18/h5-10H,2-4,11-14H2,1H3. The van der Waals surface area contributed by atoms with Gasteiger partial charge in [0, 0.05) is 13.0 Å². The number of carbonyl (C=O) groups is 1. The molecule has 1 fully saturated rings. The number of hydrogen-bond acceptors (Lipinski definition) is 3. The Hall–Kier alpha value is -1.61. The van der Waals surface area contributed by atoms with Crippen molar-refractivity contribution in [1.82, 2.24) is 4.90 Å². The first-order chi connectivity index (χ1) is 9.78. The maximum absolute atomic E-state index is 11.8. The molecular weight excluding hydrogens is 250 g/mol. The highest BCUT2D eigenvalue weighted by atomic mass is 16.5. The minimum atomic E-state index is 0.200. The van der Waals surface area contributed by atoms with Crippen LogP contribution in [-0.4, -0.2) is 37.4 Å². The van der Waals surface area contributed by atoms with Crippen LogP contribution < -0.4 is 4.74 Å². The molecule has 2 rings (SSSR count). The average molecular weight is 273 g/mol. The topological polar surface area (TPSA) is 29.5 Å². The SMILES string of the molecule is COc1ccc(C=CC(=O)CCN2CCCCC2)cc1. The molecule has 108 valence electrons. The first-order valence-electron chi connectivity index (χ1n) is 7.35. The minimum Gasteiger partial charge on any atom is -0.497 e. The Labute approximate surface area is 121 Å². The van der Waals surface area contributed by atoms with E-state index in [1.807, 2.05) is 30.3 Å². The smallest absolute Gasteiger partial charge is 0.156 e. The maximum atomic E-state index is 11.8. The molecule has 3 nitrogen and oxygen atoms in total. The normalized spacial score (nSPS) is 16.4. The summed E-state index contributed by atoms with van der Waals surface area (Å²) in [4.78, 5) is 14.2. The summed E-state index contributed by atoms with van der Waals surface area (Å²) in [6, 6.07) is 7.70. The van der Waals surface area contributed by atoms with Crippen LogP contribution in [-0.2, 0) is 4.79 Å². The van der Waals surface area contributed by atoms with Gasteiger partial charge in [-0.15, -0.1) is 0 Å². The van der Waals surface area contributed by atoms with Crippen LogP contribution in [0.1, 0.15) is 31.2 Å². The Balaban J connectivity index is 1.76. The number of piperidine rings is 1. The van der Waals surface area contributed by atoms with Gasteiger partial charge in [0.2, 0.25) is 0 Å². The molecule has 3 heteroatoms. The third kappa shape index (κ3) is 4.82. The van der Waals surface area contributed by atoms with E-state index >= 15 is 0 Å². The second-order valence-electron chi connectivity index (χ2n) is 5.23. The Morgan fingerprint density at radius 3 is 2.55 bits per heavy atom. The molecule has 0 spiro atoms. The van der Waals surface area contributed by atoms with Gasteiger partial charge in [0.25, 0.3) is 0 Å². The molecule has 1 aliphatic heterocycles. The molecule has 1 aromatic carbocycles. The van der Waals surface area contributed by atoms with Crippen LogP contribution in [0.3, 0.4) is 0 Å². The molecule has 0 aliphatic carbocycles. The van der Waals surface area contributed by atoms with Crippen molar-refractivity contribution >= 4 is 11.9 Å². The molecule has 1 aromatic rings. The van der Waals surface area contributed by atoms with E-state index in [9.17, 15) is 4.79 Å². The van der Waals surface area contributed by atoms with Crippen LogP contribution in [0, 0.1) is 0 Å². The van der Waals surface area contributed by atoms with Crippen molar-refractivity contribution in [3.05, 3.63) is 35.9 Å². The highest BCUT2D eigenvalue weighted by molar-refractivity contribution is 5.93. The van der Waals surface area contributed by atoms with Gasteiger partial charge in [-0.05, 0) is 49.7 Å². The number of carbonyl (C=O) groups excluding carboxylic acids is 1. The van der Waals surface area contributed by atoms with Crippen LogP contribution in [0.4, 0.5) is 0 Å². The number of hydrogen-bond donors (Lipinski definition) is 0. The lowest BCUT2D eigenvalue weighted by Gasteiger charge is -2.25. The molecule has 0 amide bonds. The quantitative estimate of drug-likeness (QED) is 0.746. The zero-order chi connectivity index (χ0) is 14.2. The second kappa shape index (κ2) is 7.85. The third-order valence-corrected chi connectivity index (χ3v) is 3.70. The van der Waals surface area contributed by atoms with Crippen LogP contribution in [0.15, 0.2) is 30.3 Å². The van der Waals surface area contributed by atoms with Crippen LogP contribution in [0.5, 0.6) is 5.75 Å². The van der Waals surface area contributed by atoms with Gasteiger partial charge in [0.1, 0.15) is 5.75 Å². The highest BCUT2D eigenvalue weighted by Crippen LogP contribution is 2.13. The van der Waals surface area contributed by atoms with Crippen LogP contribution in [0.25, 0.3) is 6.08 Å². The number of likely N-dealkylation sites (tertiary alicyclic amines) is 1. The van der Waals surface area contributed by atoms with Gasteiger partial charge in [-0.3, -0.25) is 4.79 Å². The van der Waals surface area contributed by atoms with Crippen molar-refractivity contribution in [2.24, 2.45) is 0 Å². The fraction of sp³-hybridized carbons (Fsp3) is 0.471. The van der Waals surface area contributed by atoms with E-state index in [0.29, 0.717) is 6.42 Å². The number of methoxy groups -OCH3 is 1. The van der Waals surface area contributed by atoms with Gasteiger partial charge < -0.3 is 9.64 Å². The fourth-order valence-corrected chi connectivity index (χ4v) is 2.44. The van der Waals surface area contributed by atoms with Gasteiger partial charge in [-0.1, -0.05) is 24.6 Å². The zero-order valence-electron chi connectivity index (χ0n) is 12.2. The molecule has 20 heavy (non-hydrogen) atoms.